The lowest BCUT2D eigenvalue weighted by atomic mass is 9.57. The fourth-order valence-electron chi connectivity index (χ4n) is 8.21. The van der Waals surface area contributed by atoms with Crippen LogP contribution in [0.5, 0.6) is 11.5 Å². The Morgan fingerprint density at radius 2 is 1.70 bits per heavy atom. The maximum absolute atomic E-state index is 14.8. The molecule has 0 aliphatic carbocycles. The van der Waals surface area contributed by atoms with Gasteiger partial charge in [0.15, 0.2) is 17.3 Å². The van der Waals surface area contributed by atoms with Crippen LogP contribution in [0.3, 0.4) is 0 Å². The van der Waals surface area contributed by atoms with Crippen LogP contribution >= 0.6 is 0 Å². The van der Waals surface area contributed by atoms with Crippen molar-refractivity contribution in [1.82, 2.24) is 4.90 Å². The topological polar surface area (TPSA) is 97.0 Å². The van der Waals surface area contributed by atoms with Gasteiger partial charge >= 0.3 is 0 Å². The number of hydrogen-bond acceptors (Lipinski definition) is 6. The van der Waals surface area contributed by atoms with Crippen LogP contribution < -0.4 is 20.1 Å². The molecule has 40 heavy (non-hydrogen) atoms. The van der Waals surface area contributed by atoms with E-state index in [1.165, 1.54) is 7.11 Å². The molecule has 0 bridgehead atoms. The van der Waals surface area contributed by atoms with Gasteiger partial charge in [0.25, 0.3) is 5.91 Å². The molecule has 4 aliphatic heterocycles. The molecule has 2 spiro atoms. The predicted octanol–water partition coefficient (Wildman–Crippen LogP) is 4.34. The number of benzene rings is 3. The van der Waals surface area contributed by atoms with Gasteiger partial charge in [-0.15, -0.1) is 0 Å². The minimum Gasteiger partial charge on any atom is -0.493 e. The summed E-state index contributed by atoms with van der Waals surface area (Å²) in [5.74, 6) is -0.619. The van der Waals surface area contributed by atoms with Crippen molar-refractivity contribution < 1.29 is 23.9 Å². The van der Waals surface area contributed by atoms with E-state index in [2.05, 4.69) is 15.5 Å². The molecule has 8 nitrogen and oxygen atoms in total. The Kier molecular flexibility index (Phi) is 5.23. The lowest BCUT2D eigenvalue weighted by molar-refractivity contribution is -0.137. The molecule has 4 heterocycles. The van der Waals surface area contributed by atoms with Gasteiger partial charge in [-0.05, 0) is 68.6 Å². The molecule has 4 aliphatic rings. The van der Waals surface area contributed by atoms with Crippen LogP contribution in [-0.4, -0.2) is 49.3 Å². The summed E-state index contributed by atoms with van der Waals surface area (Å²) in [6.07, 6.45) is 1.53. The number of ether oxygens (including phenoxy) is 2. The summed E-state index contributed by atoms with van der Waals surface area (Å²) in [7, 11) is 3.08. The quantitative estimate of drug-likeness (QED) is 0.481. The summed E-state index contributed by atoms with van der Waals surface area (Å²) in [5.41, 5.74) is 2.34. The highest BCUT2D eigenvalue weighted by Crippen LogP contribution is 2.68. The number of rotatable bonds is 4. The molecule has 0 aromatic heterocycles. The highest BCUT2D eigenvalue weighted by atomic mass is 16.5. The standard InChI is InChI=1S/C32H31N3O5/c1-17-14-18(2)27-21(15-17)32(30(38)34-27)31(20-8-5-6-9-22(20)33-29(31)37)26(23-10-7-13-35(23)32)28(36)19-11-12-24(39-3)25(16-19)40-4/h5-6,8-9,11-12,14-16,23,26H,7,10,13H2,1-4H3,(H,33,37)(H,34,38)/t23-,26-,31+,32+/m0/s1. The Morgan fingerprint density at radius 3 is 2.48 bits per heavy atom. The normalized spacial score (nSPS) is 27.9. The minimum atomic E-state index is -1.48. The van der Waals surface area contributed by atoms with E-state index in [0.29, 0.717) is 41.3 Å². The smallest absolute Gasteiger partial charge is 0.251 e. The molecule has 3 aromatic carbocycles. The third kappa shape index (κ3) is 2.77. The minimum absolute atomic E-state index is 0.188. The van der Waals surface area contributed by atoms with Gasteiger partial charge in [0.05, 0.1) is 20.1 Å². The van der Waals surface area contributed by atoms with E-state index < -0.39 is 16.9 Å². The van der Waals surface area contributed by atoms with Crippen LogP contribution in [0.4, 0.5) is 11.4 Å². The molecule has 3 aromatic rings. The van der Waals surface area contributed by atoms with Gasteiger partial charge in [-0.1, -0.05) is 35.9 Å². The van der Waals surface area contributed by atoms with Gasteiger partial charge in [-0.2, -0.15) is 0 Å². The average molecular weight is 538 g/mol. The Morgan fingerprint density at radius 1 is 0.925 bits per heavy atom. The van der Waals surface area contributed by atoms with Crippen LogP contribution in [0.15, 0.2) is 54.6 Å². The second kappa shape index (κ2) is 8.41. The van der Waals surface area contributed by atoms with E-state index >= 15 is 0 Å². The van der Waals surface area contributed by atoms with Gasteiger partial charge < -0.3 is 20.1 Å². The summed E-state index contributed by atoms with van der Waals surface area (Å²) >= 11 is 0. The zero-order valence-electron chi connectivity index (χ0n) is 23.0. The van der Waals surface area contributed by atoms with E-state index in [1.807, 2.05) is 50.2 Å². The van der Waals surface area contributed by atoms with Crippen molar-refractivity contribution in [2.24, 2.45) is 5.92 Å². The molecule has 2 N–H and O–H groups in total. The summed E-state index contributed by atoms with van der Waals surface area (Å²) in [5, 5.41) is 6.25. The molecule has 0 saturated carbocycles. The predicted molar refractivity (Wildman–Crippen MR) is 150 cm³/mol. The zero-order chi connectivity index (χ0) is 28.0. The summed E-state index contributed by atoms with van der Waals surface area (Å²) < 4.78 is 10.9. The molecule has 8 heteroatoms. The molecule has 2 saturated heterocycles. The van der Waals surface area contributed by atoms with Gasteiger partial charge in [0, 0.05) is 28.5 Å². The molecule has 2 fully saturated rings. The number of hydrogen-bond donors (Lipinski definition) is 2. The van der Waals surface area contributed by atoms with Gasteiger partial charge in [0.2, 0.25) is 5.91 Å². The number of carbonyl (C=O) groups excluding carboxylic acids is 3. The number of nitrogens with one attached hydrogen (secondary N) is 2. The number of Topliss-reactive ketones (excluding diaryl/α,β-unsaturated/α-hetero) is 1. The Bertz CT molecular complexity index is 1630. The molecule has 7 rings (SSSR count). The first kappa shape index (κ1) is 24.8. The molecular formula is C32H31N3O5. The van der Waals surface area contributed by atoms with Crippen LogP contribution in [0.2, 0.25) is 0 Å². The molecule has 204 valence electrons. The average Bonchev–Trinajstić information content (AvgIpc) is 3.67. The van der Waals surface area contributed by atoms with Crippen molar-refractivity contribution >= 4 is 29.0 Å². The Hall–Kier alpha value is -4.17. The molecule has 2 amide bonds. The van der Waals surface area contributed by atoms with Crippen molar-refractivity contribution in [3.05, 3.63) is 82.4 Å². The second-order valence-electron chi connectivity index (χ2n) is 11.3. The van der Waals surface area contributed by atoms with E-state index in [4.69, 9.17) is 9.47 Å². The number of para-hydroxylation sites is 1. The first-order valence-electron chi connectivity index (χ1n) is 13.7. The lowest BCUT2D eigenvalue weighted by Crippen LogP contribution is -2.62. The SMILES string of the molecule is COc1ccc(C(=O)[C@@H]2[C@@H]3CCCN3[C@]3(C(=O)Nc4c(C)cc(C)cc43)[C@@]23C(=O)Nc2ccccc23)cc1OC. The molecular weight excluding hydrogens is 506 g/mol. The number of ketones is 1. The number of anilines is 2. The Balaban J connectivity index is 1.56. The van der Waals surface area contributed by atoms with Crippen molar-refractivity contribution in [3.8, 4) is 11.5 Å². The van der Waals surface area contributed by atoms with E-state index in [0.717, 1.165) is 28.8 Å². The van der Waals surface area contributed by atoms with E-state index in [9.17, 15) is 14.4 Å². The number of amides is 2. The summed E-state index contributed by atoms with van der Waals surface area (Å²) in [6.45, 7) is 4.59. The number of carbonyl (C=O) groups is 3. The second-order valence-corrected chi connectivity index (χ2v) is 11.3. The van der Waals surface area contributed by atoms with Gasteiger partial charge in [-0.25, -0.2) is 0 Å². The highest BCUT2D eigenvalue weighted by Gasteiger charge is 2.81. The third-order valence-electron chi connectivity index (χ3n) is 9.50. The largest absolute Gasteiger partial charge is 0.493 e. The van der Waals surface area contributed by atoms with Crippen LogP contribution in [0.25, 0.3) is 0 Å². The maximum Gasteiger partial charge on any atom is 0.251 e. The molecule has 4 atom stereocenters. The fraction of sp³-hybridized carbons (Fsp3) is 0.344. The highest BCUT2D eigenvalue weighted by molar-refractivity contribution is 6.21. The van der Waals surface area contributed by atoms with Gasteiger partial charge in [0.1, 0.15) is 11.0 Å². The fourth-order valence-corrected chi connectivity index (χ4v) is 8.21. The third-order valence-corrected chi connectivity index (χ3v) is 9.50. The van der Waals surface area contributed by atoms with Crippen LogP contribution in [-0.2, 0) is 20.5 Å². The van der Waals surface area contributed by atoms with Crippen LogP contribution in [0.1, 0.15) is 45.5 Å². The zero-order valence-corrected chi connectivity index (χ0v) is 23.0. The first-order chi connectivity index (χ1) is 19.3. The first-order valence-corrected chi connectivity index (χ1v) is 13.7. The number of nitrogens with zero attached hydrogens (tertiary/aromatic N) is 1. The molecule has 0 radical (unpaired) electrons. The van der Waals surface area contributed by atoms with Crippen LogP contribution in [0, 0.1) is 19.8 Å². The number of methoxy groups -OCH3 is 2. The van der Waals surface area contributed by atoms with Gasteiger partial charge in [-0.3, -0.25) is 19.3 Å². The van der Waals surface area contributed by atoms with Crippen molar-refractivity contribution in [2.45, 2.75) is 43.7 Å². The van der Waals surface area contributed by atoms with E-state index in [-0.39, 0.29) is 23.6 Å². The maximum atomic E-state index is 14.8. The molecule has 0 unspecified atom stereocenters. The number of aryl methyl sites for hydroxylation is 2. The lowest BCUT2D eigenvalue weighted by Gasteiger charge is -2.43. The Labute approximate surface area is 232 Å². The monoisotopic (exact) mass is 537 g/mol. The van der Waals surface area contributed by atoms with Crippen molar-refractivity contribution in [3.63, 3.8) is 0 Å². The number of fused-ring (bicyclic) bond motifs is 7. The summed E-state index contributed by atoms with van der Waals surface area (Å²) in [6, 6.07) is 16.4. The van der Waals surface area contributed by atoms with E-state index in [1.54, 1.807) is 25.3 Å². The van der Waals surface area contributed by atoms with Crippen molar-refractivity contribution in [2.75, 3.05) is 31.4 Å². The van der Waals surface area contributed by atoms with Crippen molar-refractivity contribution in [1.29, 1.82) is 0 Å². The summed E-state index contributed by atoms with van der Waals surface area (Å²) in [4.78, 5) is 46.2.